The maximum atomic E-state index is 14.0. The molecule has 8 heteroatoms. The molecule has 3 rings (SSSR count). The van der Waals surface area contributed by atoms with Crippen LogP contribution in [0.5, 0.6) is 0 Å². The van der Waals surface area contributed by atoms with E-state index in [-0.39, 0.29) is 23.4 Å². The third-order valence-electron chi connectivity index (χ3n) is 7.03. The van der Waals surface area contributed by atoms with E-state index in [9.17, 15) is 18.0 Å². The van der Waals surface area contributed by atoms with Gasteiger partial charge in [0.05, 0.1) is 10.6 Å². The second-order valence-corrected chi connectivity index (χ2v) is 12.0. The smallest absolute Gasteiger partial charge is 0.264 e. The average molecular weight is 550 g/mol. The van der Waals surface area contributed by atoms with Gasteiger partial charge in [-0.2, -0.15) is 0 Å². The van der Waals surface area contributed by atoms with Crippen LogP contribution in [0.25, 0.3) is 0 Å². The molecule has 0 aliphatic heterocycles. The van der Waals surface area contributed by atoms with Crippen molar-refractivity contribution in [3.8, 4) is 0 Å². The van der Waals surface area contributed by atoms with Gasteiger partial charge in [0.2, 0.25) is 11.8 Å². The van der Waals surface area contributed by atoms with Gasteiger partial charge >= 0.3 is 0 Å². The van der Waals surface area contributed by atoms with Crippen molar-refractivity contribution in [1.82, 2.24) is 10.2 Å². The van der Waals surface area contributed by atoms with Crippen LogP contribution in [0.2, 0.25) is 0 Å². The molecule has 208 valence electrons. The Morgan fingerprint density at radius 1 is 0.872 bits per heavy atom. The summed E-state index contributed by atoms with van der Waals surface area (Å²) in [6.45, 7) is 11.1. The molecular weight excluding hydrogens is 510 g/mol. The molecule has 0 spiro atoms. The summed E-state index contributed by atoms with van der Waals surface area (Å²) in [5.74, 6) is -0.756. The summed E-state index contributed by atoms with van der Waals surface area (Å²) in [7, 11) is -4.07. The number of nitrogens with zero attached hydrogens (tertiary/aromatic N) is 2. The van der Waals surface area contributed by atoms with Crippen molar-refractivity contribution >= 4 is 27.5 Å². The number of sulfonamides is 1. The number of hydrogen-bond donors (Lipinski definition) is 1. The van der Waals surface area contributed by atoms with Crippen molar-refractivity contribution < 1.29 is 18.0 Å². The molecule has 0 unspecified atom stereocenters. The van der Waals surface area contributed by atoms with Crippen LogP contribution in [0, 0.1) is 20.8 Å². The molecule has 0 bridgehead atoms. The Bertz CT molecular complexity index is 1390. The predicted molar refractivity (Wildman–Crippen MR) is 156 cm³/mol. The van der Waals surface area contributed by atoms with Crippen LogP contribution in [0.4, 0.5) is 5.69 Å². The van der Waals surface area contributed by atoms with Crippen LogP contribution in [-0.4, -0.2) is 43.8 Å². The summed E-state index contributed by atoms with van der Waals surface area (Å²) < 4.78 is 28.8. The zero-order valence-corrected chi connectivity index (χ0v) is 24.5. The highest BCUT2D eigenvalue weighted by atomic mass is 32.2. The minimum Gasteiger partial charge on any atom is -0.352 e. The normalized spacial score (nSPS) is 12.9. The van der Waals surface area contributed by atoms with E-state index in [0.717, 1.165) is 33.0 Å². The van der Waals surface area contributed by atoms with Gasteiger partial charge in [-0.05, 0) is 82.0 Å². The molecule has 0 fully saturated rings. The number of benzene rings is 3. The van der Waals surface area contributed by atoms with Crippen LogP contribution in [0.3, 0.4) is 0 Å². The first-order chi connectivity index (χ1) is 18.4. The quantitative estimate of drug-likeness (QED) is 0.359. The lowest BCUT2D eigenvalue weighted by Crippen LogP contribution is -2.52. The molecule has 3 aromatic rings. The van der Waals surface area contributed by atoms with Gasteiger partial charge in [-0.15, -0.1) is 0 Å². The Kier molecular flexibility index (Phi) is 9.92. The molecule has 0 radical (unpaired) electrons. The SMILES string of the molecule is CC[C@H](C)NC(=O)[C@@H](C)N(Cc1ccc(C)cc1)C(=O)CN(c1ccc(C)c(C)c1)S(=O)(=O)c1ccccc1. The molecule has 0 heterocycles. The molecule has 0 saturated heterocycles. The first kappa shape index (κ1) is 29.9. The van der Waals surface area contributed by atoms with Crippen molar-refractivity contribution in [2.45, 2.75) is 71.5 Å². The van der Waals surface area contributed by atoms with Crippen LogP contribution in [0.1, 0.15) is 49.4 Å². The number of nitrogens with one attached hydrogen (secondary N) is 1. The molecule has 0 aromatic heterocycles. The topological polar surface area (TPSA) is 86.8 Å². The first-order valence-electron chi connectivity index (χ1n) is 13.2. The summed E-state index contributed by atoms with van der Waals surface area (Å²) in [4.78, 5) is 28.6. The Morgan fingerprint density at radius 3 is 2.10 bits per heavy atom. The number of aryl methyl sites for hydroxylation is 3. The van der Waals surface area contributed by atoms with Gasteiger partial charge in [0.25, 0.3) is 10.0 Å². The van der Waals surface area contributed by atoms with Crippen molar-refractivity contribution in [1.29, 1.82) is 0 Å². The number of carbonyl (C=O) groups excluding carboxylic acids is 2. The molecule has 2 amide bonds. The van der Waals surface area contributed by atoms with Crippen LogP contribution < -0.4 is 9.62 Å². The maximum absolute atomic E-state index is 14.0. The first-order valence-corrected chi connectivity index (χ1v) is 14.7. The number of rotatable bonds is 11. The highest BCUT2D eigenvalue weighted by Gasteiger charge is 2.32. The zero-order valence-electron chi connectivity index (χ0n) is 23.6. The molecule has 0 aliphatic rings. The van der Waals surface area contributed by atoms with Gasteiger partial charge in [-0.1, -0.05) is 61.0 Å². The number of hydrogen-bond acceptors (Lipinski definition) is 4. The summed E-state index contributed by atoms with van der Waals surface area (Å²) in [6.07, 6.45) is 0.750. The van der Waals surface area contributed by atoms with E-state index in [0.29, 0.717) is 5.69 Å². The minimum atomic E-state index is -4.07. The molecule has 0 aliphatic carbocycles. The van der Waals surface area contributed by atoms with E-state index in [1.165, 1.54) is 17.0 Å². The van der Waals surface area contributed by atoms with Crippen molar-refractivity contribution in [3.05, 3.63) is 95.1 Å². The maximum Gasteiger partial charge on any atom is 0.264 e. The third kappa shape index (κ3) is 7.47. The summed E-state index contributed by atoms with van der Waals surface area (Å²) in [6, 6.07) is 20.2. The fraction of sp³-hybridized carbons (Fsp3) is 0.355. The molecule has 3 aromatic carbocycles. The molecular formula is C31H39N3O4S. The largest absolute Gasteiger partial charge is 0.352 e. The standard InChI is InChI=1S/C31H39N3O4S/c1-7-25(5)32-31(36)26(6)33(20-27-16-13-22(2)14-17-27)30(35)21-34(28-18-15-23(3)24(4)19-28)39(37,38)29-11-9-8-10-12-29/h8-19,25-26H,7,20-21H2,1-6H3,(H,32,36)/t25-,26+/m0/s1. The van der Waals surface area contributed by atoms with Crippen molar-refractivity contribution in [2.24, 2.45) is 0 Å². The van der Waals surface area contributed by atoms with E-state index in [2.05, 4.69) is 5.32 Å². The molecule has 1 N–H and O–H groups in total. The number of amides is 2. The fourth-order valence-corrected chi connectivity index (χ4v) is 5.49. The van der Waals surface area contributed by atoms with Gasteiger partial charge in [0.1, 0.15) is 12.6 Å². The monoisotopic (exact) mass is 549 g/mol. The van der Waals surface area contributed by atoms with E-state index in [1.807, 2.05) is 65.0 Å². The lowest BCUT2D eigenvalue weighted by molar-refractivity contribution is -0.139. The lowest BCUT2D eigenvalue weighted by Gasteiger charge is -2.32. The fourth-order valence-electron chi connectivity index (χ4n) is 4.07. The Morgan fingerprint density at radius 2 is 1.51 bits per heavy atom. The zero-order chi connectivity index (χ0) is 28.7. The van der Waals surface area contributed by atoms with Crippen molar-refractivity contribution in [2.75, 3.05) is 10.8 Å². The summed E-state index contributed by atoms with van der Waals surface area (Å²) in [5, 5.41) is 2.95. The Balaban J connectivity index is 2.03. The molecule has 0 saturated carbocycles. The van der Waals surface area contributed by atoms with E-state index < -0.39 is 28.5 Å². The van der Waals surface area contributed by atoms with Crippen LogP contribution >= 0.6 is 0 Å². The average Bonchev–Trinajstić information content (AvgIpc) is 2.92. The summed E-state index contributed by atoms with van der Waals surface area (Å²) >= 11 is 0. The van der Waals surface area contributed by atoms with E-state index in [4.69, 9.17) is 0 Å². The Labute approximate surface area is 232 Å². The van der Waals surface area contributed by atoms with Gasteiger partial charge in [-0.3, -0.25) is 13.9 Å². The lowest BCUT2D eigenvalue weighted by atomic mass is 10.1. The highest BCUT2D eigenvalue weighted by Crippen LogP contribution is 2.26. The van der Waals surface area contributed by atoms with Gasteiger partial charge < -0.3 is 10.2 Å². The molecule has 7 nitrogen and oxygen atoms in total. The second-order valence-electron chi connectivity index (χ2n) is 10.1. The highest BCUT2D eigenvalue weighted by molar-refractivity contribution is 7.92. The van der Waals surface area contributed by atoms with Gasteiger partial charge in [-0.25, -0.2) is 8.42 Å². The summed E-state index contributed by atoms with van der Waals surface area (Å²) in [5.41, 5.74) is 4.24. The third-order valence-corrected chi connectivity index (χ3v) is 8.82. The number of carbonyl (C=O) groups is 2. The van der Waals surface area contributed by atoms with Gasteiger partial charge in [0.15, 0.2) is 0 Å². The predicted octanol–water partition coefficient (Wildman–Crippen LogP) is 5.14. The Hall–Kier alpha value is -3.65. The van der Waals surface area contributed by atoms with Crippen molar-refractivity contribution in [3.63, 3.8) is 0 Å². The van der Waals surface area contributed by atoms with Crippen LogP contribution in [-0.2, 0) is 26.2 Å². The molecule has 39 heavy (non-hydrogen) atoms. The number of anilines is 1. The van der Waals surface area contributed by atoms with Gasteiger partial charge in [0, 0.05) is 12.6 Å². The second kappa shape index (κ2) is 12.9. The van der Waals surface area contributed by atoms with E-state index >= 15 is 0 Å². The molecule has 2 atom stereocenters. The van der Waals surface area contributed by atoms with Crippen LogP contribution in [0.15, 0.2) is 77.7 Å². The van der Waals surface area contributed by atoms with E-state index in [1.54, 1.807) is 37.3 Å². The minimum absolute atomic E-state index is 0.0539.